The monoisotopic (exact) mass is 295 g/mol. The molecule has 1 heterocycles. The maximum atomic E-state index is 3.50. The fourth-order valence-corrected chi connectivity index (χ4v) is 3.06. The van der Waals surface area contributed by atoms with E-state index in [2.05, 4.69) is 70.8 Å². The van der Waals surface area contributed by atoms with Crippen molar-refractivity contribution in [3.8, 4) is 0 Å². The van der Waals surface area contributed by atoms with E-state index in [0.29, 0.717) is 6.04 Å². The molecule has 0 spiro atoms. The van der Waals surface area contributed by atoms with Gasteiger partial charge in [0.15, 0.2) is 0 Å². The minimum atomic E-state index is 0.345. The standard InChI is InChI=1S/C13H14BrNS/c1-9-4-3-5-12(6-9)15-10(2)13-7-11(14)8-16-13/h3-8,10,15H,1-2H3. The van der Waals surface area contributed by atoms with E-state index in [1.807, 2.05) is 0 Å². The van der Waals surface area contributed by atoms with Gasteiger partial charge in [0.2, 0.25) is 0 Å². The first-order valence-electron chi connectivity index (χ1n) is 5.22. The van der Waals surface area contributed by atoms with Gasteiger partial charge in [0.25, 0.3) is 0 Å². The Hall–Kier alpha value is -0.800. The fourth-order valence-electron chi connectivity index (χ4n) is 1.61. The summed E-state index contributed by atoms with van der Waals surface area (Å²) >= 11 is 5.25. The second-order valence-corrected chi connectivity index (χ2v) is 5.76. The molecule has 0 aliphatic carbocycles. The predicted octanol–water partition coefficient (Wildman–Crippen LogP) is 4.99. The van der Waals surface area contributed by atoms with Crippen LogP contribution in [0, 0.1) is 6.92 Å². The van der Waals surface area contributed by atoms with E-state index in [0.717, 1.165) is 4.47 Å². The summed E-state index contributed by atoms with van der Waals surface area (Å²) in [5, 5.41) is 5.62. The average Bonchev–Trinajstić information content (AvgIpc) is 2.65. The molecular formula is C13H14BrNS. The average molecular weight is 296 g/mol. The molecule has 1 nitrogen and oxygen atoms in total. The topological polar surface area (TPSA) is 12.0 Å². The molecular weight excluding hydrogens is 282 g/mol. The lowest BCUT2D eigenvalue weighted by Crippen LogP contribution is -2.04. The van der Waals surface area contributed by atoms with E-state index >= 15 is 0 Å². The van der Waals surface area contributed by atoms with Crippen LogP contribution in [0.25, 0.3) is 0 Å². The molecule has 1 atom stereocenters. The van der Waals surface area contributed by atoms with Crippen LogP contribution in [0.3, 0.4) is 0 Å². The molecule has 3 heteroatoms. The Morgan fingerprint density at radius 2 is 2.12 bits per heavy atom. The Morgan fingerprint density at radius 3 is 2.75 bits per heavy atom. The van der Waals surface area contributed by atoms with Crippen molar-refractivity contribution in [3.63, 3.8) is 0 Å². The van der Waals surface area contributed by atoms with Crippen LogP contribution in [0.2, 0.25) is 0 Å². The van der Waals surface area contributed by atoms with Crippen LogP contribution in [0.4, 0.5) is 5.69 Å². The van der Waals surface area contributed by atoms with Gasteiger partial charge >= 0.3 is 0 Å². The molecule has 1 N–H and O–H groups in total. The van der Waals surface area contributed by atoms with Crippen molar-refractivity contribution in [2.45, 2.75) is 19.9 Å². The minimum Gasteiger partial charge on any atom is -0.378 e. The van der Waals surface area contributed by atoms with E-state index in [-0.39, 0.29) is 0 Å². The van der Waals surface area contributed by atoms with Gasteiger partial charge in [-0.1, -0.05) is 12.1 Å². The van der Waals surface area contributed by atoms with Gasteiger partial charge < -0.3 is 5.32 Å². The molecule has 0 amide bonds. The molecule has 0 aliphatic heterocycles. The largest absolute Gasteiger partial charge is 0.378 e. The molecule has 1 aromatic heterocycles. The zero-order chi connectivity index (χ0) is 11.5. The zero-order valence-corrected chi connectivity index (χ0v) is 11.7. The first kappa shape index (κ1) is 11.7. The van der Waals surface area contributed by atoms with E-state index in [4.69, 9.17) is 0 Å². The summed E-state index contributed by atoms with van der Waals surface area (Å²) in [6.45, 7) is 4.29. The molecule has 16 heavy (non-hydrogen) atoms. The first-order valence-corrected chi connectivity index (χ1v) is 6.89. The zero-order valence-electron chi connectivity index (χ0n) is 9.33. The second-order valence-electron chi connectivity index (χ2n) is 3.90. The summed E-state index contributed by atoms with van der Waals surface area (Å²) in [6, 6.07) is 11.0. The Balaban J connectivity index is 2.10. The third-order valence-corrected chi connectivity index (χ3v) is 4.29. The smallest absolute Gasteiger partial charge is 0.0578 e. The fraction of sp³-hybridized carbons (Fsp3) is 0.231. The number of rotatable bonds is 3. The van der Waals surface area contributed by atoms with Gasteiger partial charge in [-0.2, -0.15) is 0 Å². The molecule has 2 aromatic rings. The summed E-state index contributed by atoms with van der Waals surface area (Å²) < 4.78 is 1.16. The third-order valence-electron chi connectivity index (χ3n) is 2.42. The number of aryl methyl sites for hydroxylation is 1. The lowest BCUT2D eigenvalue weighted by atomic mass is 10.2. The summed E-state index contributed by atoms with van der Waals surface area (Å²) in [5.41, 5.74) is 2.46. The van der Waals surface area contributed by atoms with Crippen LogP contribution in [0.5, 0.6) is 0 Å². The van der Waals surface area contributed by atoms with E-state index < -0.39 is 0 Å². The normalized spacial score (nSPS) is 12.4. The van der Waals surface area contributed by atoms with Crippen LogP contribution >= 0.6 is 27.3 Å². The number of thiophene rings is 1. The van der Waals surface area contributed by atoms with Crippen LogP contribution in [-0.4, -0.2) is 0 Å². The Kier molecular flexibility index (Phi) is 3.66. The number of halogens is 1. The molecule has 84 valence electrons. The predicted molar refractivity (Wildman–Crippen MR) is 75.2 cm³/mol. The number of hydrogen-bond donors (Lipinski definition) is 1. The van der Waals surface area contributed by atoms with E-state index in [1.165, 1.54) is 16.1 Å². The maximum absolute atomic E-state index is 3.50. The van der Waals surface area contributed by atoms with Crippen molar-refractivity contribution < 1.29 is 0 Å². The highest BCUT2D eigenvalue weighted by Gasteiger charge is 2.07. The Labute approximate surface area is 109 Å². The van der Waals surface area contributed by atoms with Gasteiger partial charge in [-0.25, -0.2) is 0 Å². The first-order chi connectivity index (χ1) is 7.65. The van der Waals surface area contributed by atoms with Crippen molar-refractivity contribution in [1.29, 1.82) is 0 Å². The molecule has 0 radical (unpaired) electrons. The quantitative estimate of drug-likeness (QED) is 0.841. The summed E-state index contributed by atoms with van der Waals surface area (Å²) in [6.07, 6.45) is 0. The number of hydrogen-bond acceptors (Lipinski definition) is 2. The van der Waals surface area contributed by atoms with Gasteiger partial charge in [-0.3, -0.25) is 0 Å². The van der Waals surface area contributed by atoms with Crippen molar-refractivity contribution >= 4 is 33.0 Å². The van der Waals surface area contributed by atoms with Crippen molar-refractivity contribution in [1.82, 2.24) is 0 Å². The third kappa shape index (κ3) is 2.86. The lowest BCUT2D eigenvalue weighted by Gasteiger charge is -2.13. The Bertz CT molecular complexity index is 478. The second kappa shape index (κ2) is 5.02. The molecule has 0 fully saturated rings. The van der Waals surface area contributed by atoms with E-state index in [1.54, 1.807) is 11.3 Å². The van der Waals surface area contributed by atoms with Crippen LogP contribution in [-0.2, 0) is 0 Å². The summed E-state index contributed by atoms with van der Waals surface area (Å²) in [7, 11) is 0. The molecule has 0 bridgehead atoms. The van der Waals surface area contributed by atoms with Gasteiger partial charge in [0, 0.05) is 20.4 Å². The van der Waals surface area contributed by atoms with Crippen molar-refractivity contribution in [2.75, 3.05) is 5.32 Å². The van der Waals surface area contributed by atoms with Crippen molar-refractivity contribution in [2.24, 2.45) is 0 Å². The highest BCUT2D eigenvalue weighted by molar-refractivity contribution is 9.10. The molecule has 1 aromatic carbocycles. The van der Waals surface area contributed by atoms with Crippen LogP contribution < -0.4 is 5.32 Å². The van der Waals surface area contributed by atoms with Crippen LogP contribution in [0.1, 0.15) is 23.4 Å². The van der Waals surface area contributed by atoms with E-state index in [9.17, 15) is 0 Å². The molecule has 2 rings (SSSR count). The maximum Gasteiger partial charge on any atom is 0.0578 e. The highest BCUT2D eigenvalue weighted by Crippen LogP contribution is 2.27. The summed E-state index contributed by atoms with van der Waals surface area (Å²) in [5.74, 6) is 0. The molecule has 0 saturated heterocycles. The molecule has 1 unspecified atom stereocenters. The highest BCUT2D eigenvalue weighted by atomic mass is 79.9. The van der Waals surface area contributed by atoms with Crippen LogP contribution in [0.15, 0.2) is 40.2 Å². The lowest BCUT2D eigenvalue weighted by molar-refractivity contribution is 0.907. The number of benzene rings is 1. The van der Waals surface area contributed by atoms with Gasteiger partial charge in [0.05, 0.1) is 6.04 Å². The SMILES string of the molecule is Cc1cccc(NC(C)c2cc(Br)cs2)c1. The molecule has 0 saturated carbocycles. The molecule has 0 aliphatic rings. The van der Waals surface area contributed by atoms with Crippen molar-refractivity contribution in [3.05, 3.63) is 50.6 Å². The summed E-state index contributed by atoms with van der Waals surface area (Å²) in [4.78, 5) is 1.34. The number of nitrogens with one attached hydrogen (secondary N) is 1. The number of anilines is 1. The van der Waals surface area contributed by atoms with Gasteiger partial charge in [-0.15, -0.1) is 11.3 Å². The van der Waals surface area contributed by atoms with Gasteiger partial charge in [-0.05, 0) is 53.5 Å². The minimum absolute atomic E-state index is 0.345. The Morgan fingerprint density at radius 1 is 1.31 bits per heavy atom. The van der Waals surface area contributed by atoms with Gasteiger partial charge in [0.1, 0.15) is 0 Å².